The first-order valence-electron chi connectivity index (χ1n) is 7.25. The van der Waals surface area contributed by atoms with E-state index >= 15 is 0 Å². The van der Waals surface area contributed by atoms with Crippen LogP contribution >= 0.6 is 24.0 Å². The largest absolute Gasteiger partial charge is 0.468 e. The summed E-state index contributed by atoms with van der Waals surface area (Å²) in [6, 6.07) is 10.5. The minimum atomic E-state index is -2.42. The highest BCUT2D eigenvalue weighted by molar-refractivity contribution is 7.99. The Morgan fingerprint density at radius 1 is 1.25 bits per heavy atom. The second kappa shape index (κ2) is 9.00. The molecule has 0 bridgehead atoms. The summed E-state index contributed by atoms with van der Waals surface area (Å²) in [7, 11) is 3.93. The van der Waals surface area contributed by atoms with Gasteiger partial charge in [-0.25, -0.2) is 0 Å². The van der Waals surface area contributed by atoms with Gasteiger partial charge in [-0.1, -0.05) is 11.8 Å². The summed E-state index contributed by atoms with van der Waals surface area (Å²) >= 11 is 5.79. The lowest BCUT2D eigenvalue weighted by molar-refractivity contribution is 0.252. The van der Waals surface area contributed by atoms with Gasteiger partial charge in [0.05, 0.1) is 12.3 Å². The number of nitrogens with one attached hydrogen (secondary N) is 2. The highest BCUT2D eigenvalue weighted by Crippen LogP contribution is 2.26. The first kappa shape index (κ1) is 18.7. The highest BCUT2D eigenvalue weighted by Gasteiger charge is 2.17. The van der Waals surface area contributed by atoms with Gasteiger partial charge in [-0.05, 0) is 62.7 Å². The molecular formula is C16H19F2N3OS2. The summed E-state index contributed by atoms with van der Waals surface area (Å²) in [6.45, 7) is 0.575. The second-order valence-corrected chi connectivity index (χ2v) is 6.70. The number of halogens is 2. The third-order valence-corrected chi connectivity index (χ3v) is 4.26. The Labute approximate surface area is 149 Å². The summed E-state index contributed by atoms with van der Waals surface area (Å²) in [5, 5.41) is 6.64. The van der Waals surface area contributed by atoms with Crippen molar-refractivity contribution in [3.8, 4) is 0 Å². The monoisotopic (exact) mass is 371 g/mol. The highest BCUT2D eigenvalue weighted by atomic mass is 32.2. The normalized spacial score (nSPS) is 12.4. The van der Waals surface area contributed by atoms with Gasteiger partial charge in [0.2, 0.25) is 0 Å². The van der Waals surface area contributed by atoms with Crippen LogP contribution in [0.15, 0.2) is 52.0 Å². The zero-order chi connectivity index (χ0) is 17.5. The standard InChI is InChI=1S/C16H19F2N3OS2/c1-21(2)13(14-4-3-9-22-14)10-19-16(23)20-11-5-7-12(8-6-11)24-15(17)18/h3-9,13,15H,10H2,1-2H3,(H2,19,20,23)/t13-/m1/s1. The fourth-order valence-electron chi connectivity index (χ4n) is 2.10. The second-order valence-electron chi connectivity index (χ2n) is 5.23. The van der Waals surface area contributed by atoms with Crippen LogP contribution in [0.4, 0.5) is 14.5 Å². The van der Waals surface area contributed by atoms with Crippen molar-refractivity contribution >= 4 is 34.8 Å². The Balaban J connectivity index is 1.86. The molecule has 1 atom stereocenters. The third kappa shape index (κ3) is 5.77. The van der Waals surface area contributed by atoms with Gasteiger partial charge in [-0.15, -0.1) is 0 Å². The number of nitrogens with zero attached hydrogens (tertiary/aromatic N) is 1. The molecular weight excluding hydrogens is 352 g/mol. The molecule has 8 heteroatoms. The Morgan fingerprint density at radius 3 is 2.50 bits per heavy atom. The van der Waals surface area contributed by atoms with E-state index in [4.69, 9.17) is 16.6 Å². The average molecular weight is 371 g/mol. The molecule has 1 aromatic heterocycles. The predicted molar refractivity (Wildman–Crippen MR) is 97.7 cm³/mol. The number of thioether (sulfide) groups is 1. The van der Waals surface area contributed by atoms with Crippen LogP contribution in [-0.4, -0.2) is 36.4 Å². The molecule has 2 rings (SSSR count). The van der Waals surface area contributed by atoms with Crippen molar-refractivity contribution in [2.24, 2.45) is 0 Å². The van der Waals surface area contributed by atoms with Crippen LogP contribution < -0.4 is 10.6 Å². The smallest absolute Gasteiger partial charge is 0.288 e. The number of rotatable bonds is 7. The summed E-state index contributed by atoms with van der Waals surface area (Å²) in [5.74, 6) is -1.57. The van der Waals surface area contributed by atoms with Crippen molar-refractivity contribution < 1.29 is 13.2 Å². The molecule has 0 saturated heterocycles. The number of likely N-dealkylation sites (N-methyl/N-ethyl adjacent to an activating group) is 1. The maximum Gasteiger partial charge on any atom is 0.288 e. The average Bonchev–Trinajstić information content (AvgIpc) is 3.02. The van der Waals surface area contributed by atoms with Crippen LogP contribution in [0.2, 0.25) is 0 Å². The maximum atomic E-state index is 12.3. The predicted octanol–water partition coefficient (Wildman–Crippen LogP) is 4.18. The summed E-state index contributed by atoms with van der Waals surface area (Å²) in [5.41, 5.74) is 0.741. The molecule has 0 amide bonds. The number of furan rings is 1. The SMILES string of the molecule is CN(C)[C@H](CNC(=S)Nc1ccc(SC(F)F)cc1)c1ccco1. The van der Waals surface area contributed by atoms with E-state index in [1.54, 1.807) is 30.5 Å². The van der Waals surface area contributed by atoms with Crippen LogP contribution in [-0.2, 0) is 0 Å². The number of hydrogen-bond acceptors (Lipinski definition) is 4. The Morgan fingerprint density at radius 2 is 1.96 bits per heavy atom. The molecule has 0 saturated carbocycles. The Kier molecular flexibility index (Phi) is 7.01. The zero-order valence-electron chi connectivity index (χ0n) is 13.3. The van der Waals surface area contributed by atoms with E-state index < -0.39 is 5.76 Å². The molecule has 4 nitrogen and oxygen atoms in total. The molecule has 130 valence electrons. The summed E-state index contributed by atoms with van der Waals surface area (Å²) in [4.78, 5) is 2.55. The molecule has 1 heterocycles. The van der Waals surface area contributed by atoms with Crippen LogP contribution in [0.25, 0.3) is 0 Å². The minimum absolute atomic E-state index is 0.0459. The topological polar surface area (TPSA) is 40.4 Å². The molecule has 0 aliphatic carbocycles. The van der Waals surface area contributed by atoms with Crippen molar-refractivity contribution in [2.45, 2.75) is 16.7 Å². The number of thiocarbonyl (C=S) groups is 1. The van der Waals surface area contributed by atoms with Gasteiger partial charge in [-0.2, -0.15) is 8.78 Å². The van der Waals surface area contributed by atoms with Crippen molar-refractivity contribution in [1.82, 2.24) is 10.2 Å². The fourth-order valence-corrected chi connectivity index (χ4v) is 2.80. The molecule has 0 aliphatic rings. The lowest BCUT2D eigenvalue weighted by Gasteiger charge is -2.23. The van der Waals surface area contributed by atoms with Gasteiger partial charge in [-0.3, -0.25) is 4.90 Å². The van der Waals surface area contributed by atoms with Crippen LogP contribution in [0.5, 0.6) is 0 Å². The van der Waals surface area contributed by atoms with Gasteiger partial charge in [0.25, 0.3) is 5.76 Å². The van der Waals surface area contributed by atoms with Gasteiger partial charge in [0.15, 0.2) is 5.11 Å². The number of benzene rings is 1. The first-order valence-corrected chi connectivity index (χ1v) is 8.54. The summed E-state index contributed by atoms with van der Waals surface area (Å²) in [6.07, 6.45) is 1.64. The molecule has 0 radical (unpaired) electrons. The van der Waals surface area contributed by atoms with Gasteiger partial charge in [0.1, 0.15) is 5.76 Å². The molecule has 2 aromatic rings. The van der Waals surface area contributed by atoms with E-state index in [1.807, 2.05) is 31.1 Å². The number of alkyl halides is 2. The van der Waals surface area contributed by atoms with E-state index in [1.165, 1.54) is 0 Å². The van der Waals surface area contributed by atoms with E-state index in [2.05, 4.69) is 10.6 Å². The molecule has 0 aliphatic heterocycles. The van der Waals surface area contributed by atoms with Crippen molar-refractivity contribution in [2.75, 3.05) is 26.0 Å². The van der Waals surface area contributed by atoms with E-state index in [0.29, 0.717) is 28.3 Å². The minimum Gasteiger partial charge on any atom is -0.468 e. The molecule has 0 unspecified atom stereocenters. The Hall–Kier alpha value is -1.64. The van der Waals surface area contributed by atoms with Crippen LogP contribution in [0.3, 0.4) is 0 Å². The van der Waals surface area contributed by atoms with Crippen molar-refractivity contribution in [3.05, 3.63) is 48.4 Å². The zero-order valence-corrected chi connectivity index (χ0v) is 15.0. The van der Waals surface area contributed by atoms with E-state index in [-0.39, 0.29) is 6.04 Å². The maximum absolute atomic E-state index is 12.3. The van der Waals surface area contributed by atoms with Crippen LogP contribution in [0.1, 0.15) is 11.8 Å². The van der Waals surface area contributed by atoms with E-state index in [0.717, 1.165) is 11.4 Å². The van der Waals surface area contributed by atoms with Gasteiger partial charge < -0.3 is 15.1 Å². The Bertz CT molecular complexity index is 633. The lowest BCUT2D eigenvalue weighted by Crippen LogP contribution is -2.36. The summed E-state index contributed by atoms with van der Waals surface area (Å²) < 4.78 is 30.0. The number of anilines is 1. The molecule has 2 N–H and O–H groups in total. The van der Waals surface area contributed by atoms with Gasteiger partial charge >= 0.3 is 0 Å². The quantitative estimate of drug-likeness (QED) is 0.562. The van der Waals surface area contributed by atoms with Gasteiger partial charge in [0, 0.05) is 17.1 Å². The van der Waals surface area contributed by atoms with Crippen molar-refractivity contribution in [3.63, 3.8) is 0 Å². The van der Waals surface area contributed by atoms with Crippen LogP contribution in [0, 0.1) is 0 Å². The first-order chi connectivity index (χ1) is 11.5. The fraction of sp³-hybridized carbons (Fsp3) is 0.312. The molecule has 0 spiro atoms. The van der Waals surface area contributed by atoms with Crippen molar-refractivity contribution in [1.29, 1.82) is 0 Å². The molecule has 0 fully saturated rings. The molecule has 1 aromatic carbocycles. The van der Waals surface area contributed by atoms with E-state index in [9.17, 15) is 8.78 Å². The number of hydrogen-bond donors (Lipinski definition) is 2. The molecule has 24 heavy (non-hydrogen) atoms. The third-order valence-electron chi connectivity index (χ3n) is 3.29. The lowest BCUT2D eigenvalue weighted by atomic mass is 10.2.